The summed E-state index contributed by atoms with van der Waals surface area (Å²) < 4.78 is 7.35. The molecule has 0 radical (unpaired) electrons. The van der Waals surface area contributed by atoms with E-state index in [2.05, 4.69) is 10.00 Å². The van der Waals surface area contributed by atoms with Gasteiger partial charge in [-0.15, -0.1) is 0 Å². The Labute approximate surface area is 122 Å². The van der Waals surface area contributed by atoms with Crippen LogP contribution in [-0.2, 0) is 13.5 Å². The Balaban J connectivity index is 1.80. The van der Waals surface area contributed by atoms with Crippen molar-refractivity contribution in [2.75, 3.05) is 24.6 Å². The Hall–Kier alpha value is -2.50. The molecule has 2 aromatic rings. The number of hydrogen-bond donors (Lipinski definition) is 1. The number of nitrogens with zero attached hydrogens (tertiary/aromatic N) is 3. The molecule has 0 saturated carbocycles. The van der Waals surface area contributed by atoms with E-state index in [0.29, 0.717) is 12.4 Å². The van der Waals surface area contributed by atoms with Crippen LogP contribution in [0.3, 0.4) is 0 Å². The zero-order chi connectivity index (χ0) is 14.8. The van der Waals surface area contributed by atoms with Crippen LogP contribution in [0.1, 0.15) is 15.9 Å². The van der Waals surface area contributed by atoms with Crippen LogP contribution < -0.4 is 9.64 Å². The Morgan fingerprint density at radius 1 is 1.48 bits per heavy atom. The average molecular weight is 287 g/mol. The molecule has 0 unspecified atom stereocenters. The van der Waals surface area contributed by atoms with Gasteiger partial charge in [-0.25, -0.2) is 4.79 Å². The average Bonchev–Trinajstić information content (AvgIpc) is 2.90. The molecular formula is C15H17N3O3. The van der Waals surface area contributed by atoms with Crippen LogP contribution >= 0.6 is 0 Å². The van der Waals surface area contributed by atoms with Crippen molar-refractivity contribution >= 4 is 11.7 Å². The van der Waals surface area contributed by atoms with Crippen molar-refractivity contribution in [3.8, 4) is 5.75 Å². The van der Waals surface area contributed by atoms with Gasteiger partial charge in [-0.3, -0.25) is 4.68 Å². The largest absolute Gasteiger partial charge is 0.489 e. The molecule has 0 spiro atoms. The molecule has 3 rings (SSSR count). The highest BCUT2D eigenvalue weighted by molar-refractivity contribution is 5.93. The molecule has 1 aromatic carbocycles. The number of hydrogen-bond acceptors (Lipinski definition) is 4. The summed E-state index contributed by atoms with van der Waals surface area (Å²) in [7, 11) is 1.90. The molecule has 1 aliphatic heterocycles. The van der Waals surface area contributed by atoms with Crippen LogP contribution in [0.2, 0.25) is 0 Å². The van der Waals surface area contributed by atoms with E-state index in [1.54, 1.807) is 16.8 Å². The lowest BCUT2D eigenvalue weighted by Gasteiger charge is -2.31. The lowest BCUT2D eigenvalue weighted by molar-refractivity contribution is 0.0692. The normalized spacial score (nSPS) is 13.7. The molecular weight excluding hydrogens is 270 g/mol. The van der Waals surface area contributed by atoms with Gasteiger partial charge in [0, 0.05) is 19.8 Å². The van der Waals surface area contributed by atoms with Gasteiger partial charge < -0.3 is 14.7 Å². The standard InChI is InChI=1S/C15H17N3O3/c1-17-10-11(9-16-17)5-6-18-7-8-21-14-12(15(19)20)3-2-4-13(14)18/h2-4,9-10H,5-8H2,1H3,(H,19,20). The maximum absolute atomic E-state index is 11.3. The van der Waals surface area contributed by atoms with Gasteiger partial charge in [0.25, 0.3) is 0 Å². The maximum Gasteiger partial charge on any atom is 0.339 e. The summed E-state index contributed by atoms with van der Waals surface area (Å²) in [4.78, 5) is 13.4. The van der Waals surface area contributed by atoms with E-state index in [-0.39, 0.29) is 5.56 Å². The predicted octanol–water partition coefficient (Wildman–Crippen LogP) is 1.56. The number of ether oxygens (including phenoxy) is 1. The first-order chi connectivity index (χ1) is 10.1. The van der Waals surface area contributed by atoms with Crippen molar-refractivity contribution in [1.82, 2.24) is 9.78 Å². The van der Waals surface area contributed by atoms with E-state index >= 15 is 0 Å². The zero-order valence-corrected chi connectivity index (χ0v) is 11.8. The Bertz CT molecular complexity index is 666. The molecule has 1 N–H and O–H groups in total. The van der Waals surface area contributed by atoms with Gasteiger partial charge in [-0.2, -0.15) is 5.10 Å². The summed E-state index contributed by atoms with van der Waals surface area (Å²) in [5.41, 5.74) is 2.24. The van der Waals surface area contributed by atoms with Crippen molar-refractivity contribution in [2.45, 2.75) is 6.42 Å². The molecule has 0 atom stereocenters. The topological polar surface area (TPSA) is 67.6 Å². The van der Waals surface area contributed by atoms with Crippen LogP contribution in [0.5, 0.6) is 5.75 Å². The molecule has 0 amide bonds. The third-order valence-corrected chi connectivity index (χ3v) is 3.60. The van der Waals surface area contributed by atoms with Crippen molar-refractivity contribution in [3.63, 3.8) is 0 Å². The molecule has 0 bridgehead atoms. The first kappa shape index (κ1) is 13.5. The highest BCUT2D eigenvalue weighted by Gasteiger charge is 2.23. The van der Waals surface area contributed by atoms with E-state index in [0.717, 1.165) is 25.2 Å². The van der Waals surface area contributed by atoms with Crippen molar-refractivity contribution in [2.24, 2.45) is 7.05 Å². The molecule has 1 aliphatic rings. The van der Waals surface area contributed by atoms with E-state index < -0.39 is 5.97 Å². The Kier molecular flexibility index (Phi) is 3.51. The number of aromatic carboxylic acids is 1. The summed E-state index contributed by atoms with van der Waals surface area (Å²) in [6.45, 7) is 2.08. The second-order valence-electron chi connectivity index (χ2n) is 5.07. The molecule has 1 aromatic heterocycles. The van der Waals surface area contributed by atoms with E-state index in [1.165, 1.54) is 5.56 Å². The number of carbonyl (C=O) groups is 1. The quantitative estimate of drug-likeness (QED) is 0.924. The number of rotatable bonds is 4. The predicted molar refractivity (Wildman–Crippen MR) is 78.0 cm³/mol. The molecule has 110 valence electrons. The number of para-hydroxylation sites is 1. The number of carboxylic acids is 1. The van der Waals surface area contributed by atoms with Crippen LogP contribution in [0.15, 0.2) is 30.6 Å². The summed E-state index contributed by atoms with van der Waals surface area (Å²) in [5, 5.41) is 13.4. The molecule has 6 nitrogen and oxygen atoms in total. The smallest absolute Gasteiger partial charge is 0.339 e. The fourth-order valence-corrected chi connectivity index (χ4v) is 2.57. The fraction of sp³-hybridized carbons (Fsp3) is 0.333. The van der Waals surface area contributed by atoms with Crippen LogP contribution in [0.25, 0.3) is 0 Å². The van der Waals surface area contributed by atoms with Gasteiger partial charge in [0.05, 0.1) is 18.4 Å². The third-order valence-electron chi connectivity index (χ3n) is 3.60. The molecule has 2 heterocycles. The van der Waals surface area contributed by atoms with Crippen LogP contribution in [0.4, 0.5) is 5.69 Å². The molecule has 0 saturated heterocycles. The van der Waals surface area contributed by atoms with Crippen molar-refractivity contribution in [3.05, 3.63) is 41.7 Å². The van der Waals surface area contributed by atoms with Gasteiger partial charge in [-0.05, 0) is 24.1 Å². The highest BCUT2D eigenvalue weighted by atomic mass is 16.5. The lowest BCUT2D eigenvalue weighted by atomic mass is 10.1. The maximum atomic E-state index is 11.3. The van der Waals surface area contributed by atoms with Crippen LogP contribution in [-0.4, -0.2) is 40.6 Å². The first-order valence-electron chi connectivity index (χ1n) is 6.87. The fourth-order valence-electron chi connectivity index (χ4n) is 2.57. The van der Waals surface area contributed by atoms with Crippen LogP contribution in [0, 0.1) is 0 Å². The zero-order valence-electron chi connectivity index (χ0n) is 11.8. The second kappa shape index (κ2) is 5.47. The minimum absolute atomic E-state index is 0.221. The second-order valence-corrected chi connectivity index (χ2v) is 5.07. The van der Waals surface area contributed by atoms with Crippen molar-refractivity contribution in [1.29, 1.82) is 0 Å². The van der Waals surface area contributed by atoms with Crippen molar-refractivity contribution < 1.29 is 14.6 Å². The SMILES string of the molecule is Cn1cc(CCN2CCOc3c(C(=O)O)cccc32)cn1. The van der Waals surface area contributed by atoms with Gasteiger partial charge in [0.2, 0.25) is 0 Å². The summed E-state index contributed by atoms with van der Waals surface area (Å²) in [6, 6.07) is 5.24. The minimum Gasteiger partial charge on any atom is -0.489 e. The van der Waals surface area contributed by atoms with Gasteiger partial charge >= 0.3 is 5.97 Å². The van der Waals surface area contributed by atoms with Gasteiger partial charge in [-0.1, -0.05) is 6.07 Å². The minimum atomic E-state index is -0.957. The summed E-state index contributed by atoms with van der Waals surface area (Å²) >= 11 is 0. The number of benzene rings is 1. The van der Waals surface area contributed by atoms with E-state index in [1.807, 2.05) is 25.5 Å². The van der Waals surface area contributed by atoms with Gasteiger partial charge in [0.15, 0.2) is 5.75 Å². The number of aryl methyl sites for hydroxylation is 1. The van der Waals surface area contributed by atoms with E-state index in [9.17, 15) is 9.90 Å². The first-order valence-corrected chi connectivity index (χ1v) is 6.87. The molecule has 21 heavy (non-hydrogen) atoms. The lowest BCUT2D eigenvalue weighted by Crippen LogP contribution is -2.34. The third kappa shape index (κ3) is 2.69. The molecule has 0 fully saturated rings. The number of anilines is 1. The molecule has 0 aliphatic carbocycles. The summed E-state index contributed by atoms with van der Waals surface area (Å²) in [5.74, 6) is -0.483. The number of fused-ring (bicyclic) bond motifs is 1. The Morgan fingerprint density at radius 2 is 2.33 bits per heavy atom. The molecule has 6 heteroatoms. The monoisotopic (exact) mass is 287 g/mol. The number of aromatic nitrogens is 2. The Morgan fingerprint density at radius 3 is 3.05 bits per heavy atom. The van der Waals surface area contributed by atoms with E-state index in [4.69, 9.17) is 4.74 Å². The highest BCUT2D eigenvalue weighted by Crippen LogP contribution is 2.34. The van der Waals surface area contributed by atoms with Gasteiger partial charge in [0.1, 0.15) is 12.2 Å². The number of carboxylic acid groups (broad SMARTS) is 1. The summed E-state index contributed by atoms with van der Waals surface area (Å²) in [6.07, 6.45) is 4.72.